The van der Waals surface area contributed by atoms with Crippen molar-refractivity contribution >= 4 is 40.2 Å². The van der Waals surface area contributed by atoms with Crippen LogP contribution in [0.2, 0.25) is 5.02 Å². The van der Waals surface area contributed by atoms with Gasteiger partial charge in [-0.25, -0.2) is 9.79 Å². The van der Waals surface area contributed by atoms with Crippen LogP contribution < -0.4 is 5.32 Å². The molecular weight excluding hydrogens is 298 g/mol. The van der Waals surface area contributed by atoms with Crippen molar-refractivity contribution in [2.24, 2.45) is 4.99 Å². The van der Waals surface area contributed by atoms with Gasteiger partial charge in [0.25, 0.3) is 0 Å². The predicted molar refractivity (Wildman–Crippen MR) is 81.4 cm³/mol. The van der Waals surface area contributed by atoms with E-state index in [1.807, 2.05) is 0 Å². The lowest BCUT2D eigenvalue weighted by atomic mass is 10.2. The molecule has 0 aromatic heterocycles. The molecule has 0 fully saturated rings. The molecule has 0 bridgehead atoms. The normalized spacial score (nSPS) is 11.1. The molecular formula is C13H14ClN3O2S. The van der Waals surface area contributed by atoms with E-state index < -0.39 is 5.97 Å². The molecule has 5 nitrogen and oxygen atoms in total. The highest BCUT2D eigenvalue weighted by Crippen LogP contribution is 2.24. The first-order valence-electron chi connectivity index (χ1n) is 5.76. The number of amidine groups is 1. The number of thioether (sulfide) groups is 1. The number of ether oxygens (including phenoxy) is 1. The van der Waals surface area contributed by atoms with E-state index in [1.165, 1.54) is 17.8 Å². The molecule has 0 aliphatic carbocycles. The summed E-state index contributed by atoms with van der Waals surface area (Å²) in [5.41, 5.74) is 0.760. The minimum absolute atomic E-state index is 0.229. The Labute approximate surface area is 127 Å². The first-order chi connectivity index (χ1) is 9.47. The quantitative estimate of drug-likeness (QED) is 0.305. The van der Waals surface area contributed by atoms with Gasteiger partial charge in [0.15, 0.2) is 11.4 Å². The summed E-state index contributed by atoms with van der Waals surface area (Å²) in [4.78, 5) is 16.1. The molecule has 1 rings (SSSR count). The van der Waals surface area contributed by atoms with Crippen LogP contribution in [0.15, 0.2) is 23.2 Å². The van der Waals surface area contributed by atoms with Crippen molar-refractivity contribution < 1.29 is 9.53 Å². The van der Waals surface area contributed by atoms with E-state index in [4.69, 9.17) is 21.6 Å². The molecule has 0 saturated heterocycles. The maximum atomic E-state index is 11.9. The highest BCUT2D eigenvalue weighted by molar-refractivity contribution is 8.13. The third kappa shape index (κ3) is 4.76. The highest BCUT2D eigenvalue weighted by atomic mass is 35.5. The van der Waals surface area contributed by atoms with Crippen LogP contribution in [-0.2, 0) is 4.74 Å². The standard InChI is InChI=1S/C13H14ClN3O2S/c1-8(2)19-12(18)10-6-9(4-5-11(10)14)17-13(20-3)16-7-15/h4-6,8H,1-3H3,(H,16,17). The first kappa shape index (κ1) is 16.3. The summed E-state index contributed by atoms with van der Waals surface area (Å²) in [5.74, 6) is -0.499. The van der Waals surface area contributed by atoms with E-state index >= 15 is 0 Å². The highest BCUT2D eigenvalue weighted by Gasteiger charge is 2.14. The van der Waals surface area contributed by atoms with Crippen molar-refractivity contribution in [3.05, 3.63) is 28.8 Å². The summed E-state index contributed by atoms with van der Waals surface area (Å²) in [7, 11) is 0. The zero-order valence-electron chi connectivity index (χ0n) is 11.3. The molecule has 106 valence electrons. The smallest absolute Gasteiger partial charge is 0.339 e. The molecule has 0 amide bonds. The molecule has 1 aromatic carbocycles. The Morgan fingerprint density at radius 2 is 2.25 bits per heavy atom. The fourth-order valence-corrected chi connectivity index (χ4v) is 1.85. The van der Waals surface area contributed by atoms with Crippen LogP contribution in [0.4, 0.5) is 5.69 Å². The summed E-state index contributed by atoms with van der Waals surface area (Å²) in [6.07, 6.45) is 3.35. The maximum absolute atomic E-state index is 11.9. The largest absolute Gasteiger partial charge is 0.459 e. The summed E-state index contributed by atoms with van der Waals surface area (Å²) < 4.78 is 5.11. The number of hydrogen-bond acceptors (Lipinski definition) is 5. The number of nitriles is 1. The van der Waals surface area contributed by atoms with Gasteiger partial charge in [0, 0.05) is 0 Å². The Hall–Kier alpha value is -1.71. The third-order valence-electron chi connectivity index (χ3n) is 2.10. The second-order valence-corrected chi connectivity index (χ2v) is 5.18. The Bertz CT molecular complexity index is 567. The van der Waals surface area contributed by atoms with Gasteiger partial charge in [-0.15, -0.1) is 0 Å². The van der Waals surface area contributed by atoms with Crippen LogP contribution in [0.5, 0.6) is 0 Å². The van der Waals surface area contributed by atoms with Gasteiger partial charge in [-0.3, -0.25) is 5.32 Å². The zero-order chi connectivity index (χ0) is 15.1. The van der Waals surface area contributed by atoms with Crippen LogP contribution in [0.25, 0.3) is 0 Å². The topological polar surface area (TPSA) is 74.5 Å². The lowest BCUT2D eigenvalue weighted by molar-refractivity contribution is 0.0378. The van der Waals surface area contributed by atoms with E-state index in [0.29, 0.717) is 15.9 Å². The van der Waals surface area contributed by atoms with Crippen LogP contribution in [0.1, 0.15) is 24.2 Å². The average Bonchev–Trinajstić information content (AvgIpc) is 2.39. The number of nitrogens with one attached hydrogen (secondary N) is 1. The van der Waals surface area contributed by atoms with Crippen molar-refractivity contribution in [3.63, 3.8) is 0 Å². The Kier molecular flexibility index (Phi) is 6.36. The van der Waals surface area contributed by atoms with Gasteiger partial charge >= 0.3 is 5.97 Å². The van der Waals surface area contributed by atoms with Crippen LogP contribution in [0.3, 0.4) is 0 Å². The molecule has 0 aliphatic rings. The minimum atomic E-state index is -0.499. The summed E-state index contributed by atoms with van der Waals surface area (Å²) in [6.45, 7) is 3.52. The van der Waals surface area contributed by atoms with Crippen molar-refractivity contribution in [2.75, 3.05) is 6.26 Å². The number of rotatable bonds is 3. The number of carbonyl (C=O) groups is 1. The molecule has 1 aromatic rings. The van der Waals surface area contributed by atoms with Crippen LogP contribution >= 0.6 is 23.4 Å². The minimum Gasteiger partial charge on any atom is -0.459 e. The predicted octanol–water partition coefficient (Wildman–Crippen LogP) is 3.33. The van der Waals surface area contributed by atoms with Gasteiger partial charge in [0.05, 0.1) is 22.4 Å². The molecule has 0 spiro atoms. The van der Waals surface area contributed by atoms with E-state index in [1.54, 1.807) is 38.4 Å². The van der Waals surface area contributed by atoms with E-state index in [9.17, 15) is 4.79 Å². The van der Waals surface area contributed by atoms with Crippen molar-refractivity contribution in [3.8, 4) is 6.19 Å². The second kappa shape index (κ2) is 7.78. The van der Waals surface area contributed by atoms with Crippen molar-refractivity contribution in [2.45, 2.75) is 20.0 Å². The number of esters is 1. The molecule has 0 atom stereocenters. The number of carbonyl (C=O) groups excluding carboxylic acids is 1. The molecule has 20 heavy (non-hydrogen) atoms. The third-order valence-corrected chi connectivity index (χ3v) is 3.01. The Morgan fingerprint density at radius 3 is 2.80 bits per heavy atom. The zero-order valence-corrected chi connectivity index (χ0v) is 12.9. The summed E-state index contributed by atoms with van der Waals surface area (Å²) in [5, 5.41) is 11.8. The number of benzene rings is 1. The number of hydrogen-bond donors (Lipinski definition) is 1. The van der Waals surface area contributed by atoms with Gasteiger partial charge in [-0.05, 0) is 38.3 Å². The number of nitrogens with zero attached hydrogens (tertiary/aromatic N) is 2. The second-order valence-electron chi connectivity index (χ2n) is 3.98. The van der Waals surface area contributed by atoms with Gasteiger partial charge in [0.2, 0.25) is 0 Å². The van der Waals surface area contributed by atoms with Gasteiger partial charge in [-0.2, -0.15) is 5.26 Å². The van der Waals surface area contributed by atoms with Gasteiger partial charge < -0.3 is 4.74 Å². The molecule has 7 heteroatoms. The van der Waals surface area contributed by atoms with Crippen molar-refractivity contribution in [1.29, 1.82) is 5.26 Å². The molecule has 0 unspecified atom stereocenters. The van der Waals surface area contributed by atoms with Crippen molar-refractivity contribution in [1.82, 2.24) is 5.32 Å². The molecule has 0 saturated carbocycles. The molecule has 0 aliphatic heterocycles. The lowest BCUT2D eigenvalue weighted by Crippen LogP contribution is -2.13. The van der Waals surface area contributed by atoms with Gasteiger partial charge in [0.1, 0.15) is 0 Å². The average molecular weight is 312 g/mol. The summed E-state index contributed by atoms with van der Waals surface area (Å²) >= 11 is 7.27. The van der Waals surface area contributed by atoms with Crippen LogP contribution in [0, 0.1) is 11.5 Å². The number of halogens is 1. The fourth-order valence-electron chi connectivity index (χ4n) is 1.31. The van der Waals surface area contributed by atoms with E-state index in [0.717, 1.165) is 0 Å². The van der Waals surface area contributed by atoms with E-state index in [2.05, 4.69) is 10.3 Å². The first-order valence-corrected chi connectivity index (χ1v) is 7.36. The van der Waals surface area contributed by atoms with Gasteiger partial charge in [-0.1, -0.05) is 23.4 Å². The monoisotopic (exact) mass is 311 g/mol. The Balaban J connectivity index is 3.08. The molecule has 0 heterocycles. The lowest BCUT2D eigenvalue weighted by Gasteiger charge is -2.09. The maximum Gasteiger partial charge on any atom is 0.339 e. The van der Waals surface area contributed by atoms with Crippen LogP contribution in [-0.4, -0.2) is 23.5 Å². The SMILES string of the molecule is CSC(=Nc1ccc(Cl)c(C(=O)OC(C)C)c1)NC#N. The fraction of sp³-hybridized carbons (Fsp3) is 0.308. The van der Waals surface area contributed by atoms with E-state index in [-0.39, 0.29) is 11.7 Å². The Morgan fingerprint density at radius 1 is 1.55 bits per heavy atom. The molecule has 0 radical (unpaired) electrons. The summed E-state index contributed by atoms with van der Waals surface area (Å²) in [6, 6.07) is 4.76. The number of aliphatic imine (C=N–C) groups is 1. The molecule has 1 N–H and O–H groups in total.